The highest BCUT2D eigenvalue weighted by Gasteiger charge is 2.00. The lowest BCUT2D eigenvalue weighted by molar-refractivity contribution is 0.331. The van der Waals surface area contributed by atoms with Gasteiger partial charge in [-0.2, -0.15) is 0 Å². The van der Waals surface area contributed by atoms with Crippen molar-refractivity contribution in [1.82, 2.24) is 0 Å². The largest absolute Gasteiger partial charge is 0.492 e. The van der Waals surface area contributed by atoms with E-state index in [2.05, 4.69) is 21.2 Å². The first-order valence-electron chi connectivity index (χ1n) is 5.72. The van der Waals surface area contributed by atoms with Crippen LogP contribution in [-0.2, 0) is 0 Å². The molecule has 2 aromatic carbocycles. The molecule has 0 aliphatic rings. The second kappa shape index (κ2) is 6.52. The van der Waals surface area contributed by atoms with Crippen LogP contribution >= 0.6 is 15.9 Å². The smallest absolute Gasteiger partial charge is 0.128 e. The molecule has 0 unspecified atom stereocenters. The minimum atomic E-state index is -0.359. The van der Waals surface area contributed by atoms with Crippen LogP contribution in [0.2, 0.25) is 0 Å². The van der Waals surface area contributed by atoms with Crippen LogP contribution in [0.3, 0.4) is 0 Å². The molecule has 100 valence electrons. The van der Waals surface area contributed by atoms with Crippen molar-refractivity contribution in [2.75, 3.05) is 18.5 Å². The van der Waals surface area contributed by atoms with Gasteiger partial charge in [0, 0.05) is 22.8 Å². The highest BCUT2D eigenvalue weighted by molar-refractivity contribution is 9.10. The maximum Gasteiger partial charge on any atom is 0.128 e. The predicted octanol–water partition coefficient (Wildman–Crippen LogP) is 4.22. The van der Waals surface area contributed by atoms with Gasteiger partial charge in [0.25, 0.3) is 0 Å². The van der Waals surface area contributed by atoms with E-state index in [1.54, 1.807) is 18.2 Å². The average Bonchev–Trinajstić information content (AvgIpc) is 2.34. The molecule has 0 aromatic heterocycles. The molecule has 2 rings (SSSR count). The van der Waals surface area contributed by atoms with Crippen LogP contribution < -0.4 is 10.1 Å². The van der Waals surface area contributed by atoms with E-state index in [4.69, 9.17) is 4.74 Å². The molecule has 2 aromatic rings. The number of ether oxygens (including phenoxy) is 1. The van der Waals surface area contributed by atoms with Crippen LogP contribution in [0.15, 0.2) is 46.9 Å². The molecule has 0 amide bonds. The third-order valence-electron chi connectivity index (χ3n) is 2.36. The van der Waals surface area contributed by atoms with Crippen molar-refractivity contribution in [3.63, 3.8) is 0 Å². The summed E-state index contributed by atoms with van der Waals surface area (Å²) in [6.07, 6.45) is 0. The lowest BCUT2D eigenvalue weighted by Crippen LogP contribution is -2.11. The third kappa shape index (κ3) is 4.52. The Bertz CT molecular complexity index is 543. The molecular formula is C14H12BrF2NO. The summed E-state index contributed by atoms with van der Waals surface area (Å²) in [4.78, 5) is 0. The summed E-state index contributed by atoms with van der Waals surface area (Å²) in [6.45, 7) is 0.851. The van der Waals surface area contributed by atoms with Crippen molar-refractivity contribution in [3.05, 3.63) is 58.6 Å². The van der Waals surface area contributed by atoms with Gasteiger partial charge in [-0.1, -0.05) is 22.0 Å². The Labute approximate surface area is 118 Å². The van der Waals surface area contributed by atoms with Gasteiger partial charge in [0.1, 0.15) is 24.0 Å². The standard InChI is InChI=1S/C14H12BrF2NO/c15-10-6-12(17)9-14(7-10)19-5-4-18-13-3-1-2-11(16)8-13/h1-3,6-9,18H,4-5H2. The molecule has 1 N–H and O–H groups in total. The highest BCUT2D eigenvalue weighted by atomic mass is 79.9. The van der Waals surface area contributed by atoms with Gasteiger partial charge in [-0.25, -0.2) is 8.78 Å². The Morgan fingerprint density at radius 2 is 1.89 bits per heavy atom. The minimum Gasteiger partial charge on any atom is -0.492 e. The number of nitrogens with one attached hydrogen (secondary N) is 1. The summed E-state index contributed by atoms with van der Waals surface area (Å²) in [5.74, 6) is -0.199. The van der Waals surface area contributed by atoms with E-state index < -0.39 is 0 Å². The maximum absolute atomic E-state index is 13.1. The molecule has 0 fully saturated rings. The molecule has 0 spiro atoms. The Hall–Kier alpha value is -1.62. The summed E-state index contributed by atoms with van der Waals surface area (Å²) in [5, 5.41) is 3.01. The van der Waals surface area contributed by atoms with E-state index in [-0.39, 0.29) is 11.6 Å². The Kier molecular flexibility index (Phi) is 4.74. The van der Waals surface area contributed by atoms with Crippen molar-refractivity contribution in [2.24, 2.45) is 0 Å². The van der Waals surface area contributed by atoms with E-state index in [1.807, 2.05) is 0 Å². The minimum absolute atomic E-state index is 0.292. The van der Waals surface area contributed by atoms with Crippen molar-refractivity contribution < 1.29 is 13.5 Å². The molecule has 0 aliphatic heterocycles. The quantitative estimate of drug-likeness (QED) is 0.830. The van der Waals surface area contributed by atoms with Gasteiger partial charge in [-0.05, 0) is 30.3 Å². The zero-order chi connectivity index (χ0) is 13.7. The number of hydrogen-bond donors (Lipinski definition) is 1. The second-order valence-corrected chi connectivity index (χ2v) is 4.81. The van der Waals surface area contributed by atoms with Crippen LogP contribution in [0.4, 0.5) is 14.5 Å². The van der Waals surface area contributed by atoms with E-state index >= 15 is 0 Å². The first kappa shape index (κ1) is 13.8. The number of anilines is 1. The van der Waals surface area contributed by atoms with Gasteiger partial charge in [-0.3, -0.25) is 0 Å². The molecule has 2 nitrogen and oxygen atoms in total. The van der Waals surface area contributed by atoms with Gasteiger partial charge >= 0.3 is 0 Å². The summed E-state index contributed by atoms with van der Waals surface area (Å²) >= 11 is 3.19. The lowest BCUT2D eigenvalue weighted by atomic mass is 10.3. The lowest BCUT2D eigenvalue weighted by Gasteiger charge is -2.09. The normalized spacial score (nSPS) is 10.3. The van der Waals surface area contributed by atoms with Crippen LogP contribution in [0, 0.1) is 11.6 Å². The Morgan fingerprint density at radius 1 is 1.05 bits per heavy atom. The first-order valence-corrected chi connectivity index (χ1v) is 6.51. The fourth-order valence-corrected chi connectivity index (χ4v) is 2.02. The van der Waals surface area contributed by atoms with Crippen LogP contribution in [0.5, 0.6) is 5.75 Å². The molecular weight excluding hydrogens is 316 g/mol. The molecule has 0 bridgehead atoms. The van der Waals surface area contributed by atoms with Crippen molar-refractivity contribution >= 4 is 21.6 Å². The molecule has 0 atom stereocenters. The van der Waals surface area contributed by atoms with E-state index in [0.29, 0.717) is 29.1 Å². The number of rotatable bonds is 5. The summed E-state index contributed by atoms with van der Waals surface area (Å²) in [5.41, 5.74) is 0.684. The second-order valence-electron chi connectivity index (χ2n) is 3.89. The molecule has 0 saturated carbocycles. The number of benzene rings is 2. The summed E-state index contributed by atoms with van der Waals surface area (Å²) in [6, 6.07) is 10.5. The zero-order valence-electron chi connectivity index (χ0n) is 10.00. The topological polar surface area (TPSA) is 21.3 Å². The van der Waals surface area contributed by atoms with E-state index in [0.717, 1.165) is 0 Å². The fourth-order valence-electron chi connectivity index (χ4n) is 1.57. The zero-order valence-corrected chi connectivity index (χ0v) is 11.6. The molecule has 0 radical (unpaired) electrons. The van der Waals surface area contributed by atoms with Crippen LogP contribution in [0.1, 0.15) is 0 Å². The highest BCUT2D eigenvalue weighted by Crippen LogP contribution is 2.20. The van der Waals surface area contributed by atoms with Gasteiger partial charge in [0.05, 0.1) is 0 Å². The van der Waals surface area contributed by atoms with E-state index in [9.17, 15) is 8.78 Å². The summed E-state index contributed by atoms with van der Waals surface area (Å²) in [7, 11) is 0. The monoisotopic (exact) mass is 327 g/mol. The fraction of sp³-hybridized carbons (Fsp3) is 0.143. The SMILES string of the molecule is Fc1cccc(NCCOc2cc(F)cc(Br)c2)c1. The third-order valence-corrected chi connectivity index (χ3v) is 2.82. The van der Waals surface area contributed by atoms with Crippen molar-refractivity contribution in [1.29, 1.82) is 0 Å². The van der Waals surface area contributed by atoms with Gasteiger partial charge in [0.15, 0.2) is 0 Å². The average molecular weight is 328 g/mol. The molecule has 19 heavy (non-hydrogen) atoms. The predicted molar refractivity (Wildman–Crippen MR) is 74.5 cm³/mol. The molecule has 5 heteroatoms. The van der Waals surface area contributed by atoms with Crippen molar-refractivity contribution in [3.8, 4) is 5.75 Å². The van der Waals surface area contributed by atoms with Gasteiger partial charge in [0.2, 0.25) is 0 Å². The van der Waals surface area contributed by atoms with E-state index in [1.165, 1.54) is 24.3 Å². The molecule has 0 aliphatic carbocycles. The Balaban J connectivity index is 1.80. The number of hydrogen-bond acceptors (Lipinski definition) is 2. The van der Waals surface area contributed by atoms with Crippen LogP contribution in [0.25, 0.3) is 0 Å². The van der Waals surface area contributed by atoms with Crippen LogP contribution in [-0.4, -0.2) is 13.2 Å². The molecule has 0 heterocycles. The maximum atomic E-state index is 13.1. The van der Waals surface area contributed by atoms with Crippen molar-refractivity contribution in [2.45, 2.75) is 0 Å². The summed E-state index contributed by atoms with van der Waals surface area (Å²) < 4.78 is 32.0. The van der Waals surface area contributed by atoms with Gasteiger partial charge < -0.3 is 10.1 Å². The Morgan fingerprint density at radius 3 is 2.63 bits per heavy atom. The van der Waals surface area contributed by atoms with Gasteiger partial charge in [-0.15, -0.1) is 0 Å². The number of halogens is 3. The first-order chi connectivity index (χ1) is 9.13. The molecule has 0 saturated heterocycles.